The number of benzene rings is 3. The Labute approximate surface area is 190 Å². The molecule has 0 radical (unpaired) electrons. The Kier molecular flexibility index (Phi) is 5.99. The molecule has 0 aliphatic carbocycles. The first kappa shape index (κ1) is 22.0. The fraction of sp³-hybridized carbons (Fsp3) is 0.130. The van der Waals surface area contributed by atoms with E-state index >= 15 is 0 Å². The number of hydrogen-bond acceptors (Lipinski definition) is 4. The van der Waals surface area contributed by atoms with Crippen LogP contribution in [0.15, 0.2) is 82.8 Å². The predicted octanol–water partition coefficient (Wildman–Crippen LogP) is 4.98. The Morgan fingerprint density at radius 1 is 1.09 bits per heavy atom. The van der Waals surface area contributed by atoms with Crippen LogP contribution in [0.2, 0.25) is 5.02 Å². The summed E-state index contributed by atoms with van der Waals surface area (Å²) in [7, 11) is -3.82. The smallest absolute Gasteiger partial charge is 0.261 e. The zero-order valence-corrected chi connectivity index (χ0v) is 18.6. The highest BCUT2D eigenvalue weighted by Gasteiger charge is 2.33. The molecule has 1 N–H and O–H groups in total. The molecule has 1 amide bonds. The SMILES string of the molecule is CC(=O)N1N=C(c2ccccc2NS(=O)(=O)c2ccccc2)C[C@@H]1c1ccc(F)cc1Cl. The van der Waals surface area contributed by atoms with Crippen LogP contribution in [-0.2, 0) is 14.8 Å². The minimum absolute atomic E-state index is 0.129. The van der Waals surface area contributed by atoms with Gasteiger partial charge in [0, 0.05) is 23.9 Å². The summed E-state index contributed by atoms with van der Waals surface area (Å²) in [6.45, 7) is 1.38. The van der Waals surface area contributed by atoms with E-state index in [2.05, 4.69) is 9.82 Å². The molecule has 0 unspecified atom stereocenters. The average Bonchev–Trinajstić information content (AvgIpc) is 3.20. The summed E-state index contributed by atoms with van der Waals surface area (Å²) >= 11 is 6.24. The van der Waals surface area contributed by atoms with Crippen LogP contribution in [0.1, 0.15) is 30.5 Å². The van der Waals surface area contributed by atoms with Crippen molar-refractivity contribution in [1.82, 2.24) is 5.01 Å². The van der Waals surface area contributed by atoms with E-state index in [0.717, 1.165) is 0 Å². The molecular formula is C23H19ClFN3O3S. The fourth-order valence-corrected chi connectivity index (χ4v) is 5.00. The van der Waals surface area contributed by atoms with Crippen molar-refractivity contribution in [2.75, 3.05) is 4.72 Å². The number of anilines is 1. The van der Waals surface area contributed by atoms with Crippen LogP contribution in [0, 0.1) is 5.82 Å². The Bertz CT molecular complexity index is 1310. The quantitative estimate of drug-likeness (QED) is 0.570. The fourth-order valence-electron chi connectivity index (χ4n) is 3.60. The molecule has 6 nitrogen and oxygen atoms in total. The van der Waals surface area contributed by atoms with Crippen LogP contribution in [0.4, 0.5) is 10.1 Å². The van der Waals surface area contributed by atoms with E-state index in [9.17, 15) is 17.6 Å². The van der Waals surface area contributed by atoms with Crippen molar-refractivity contribution in [2.45, 2.75) is 24.3 Å². The number of carbonyl (C=O) groups excluding carboxylic acids is 1. The van der Waals surface area contributed by atoms with Crippen molar-refractivity contribution in [3.63, 3.8) is 0 Å². The summed E-state index contributed by atoms with van der Waals surface area (Å²) in [6, 6.07) is 18.3. The standard InChI is InChI=1S/C23H19ClFN3O3S/c1-15(29)28-23(18-12-11-16(25)13-20(18)24)14-22(26-28)19-9-5-6-10-21(19)27-32(30,31)17-7-3-2-4-8-17/h2-13,23,27H,14H2,1H3/t23-/m1/s1. The van der Waals surface area contributed by atoms with Gasteiger partial charge in [-0.2, -0.15) is 5.10 Å². The maximum atomic E-state index is 13.5. The number of hydrogen-bond donors (Lipinski definition) is 1. The minimum atomic E-state index is -3.82. The number of hydrazone groups is 1. The number of para-hydroxylation sites is 1. The third-order valence-corrected chi connectivity index (χ3v) is 6.80. The molecule has 1 heterocycles. The molecule has 1 aliphatic heterocycles. The van der Waals surface area contributed by atoms with Crippen LogP contribution in [0.25, 0.3) is 0 Å². The lowest BCUT2D eigenvalue weighted by molar-refractivity contribution is -0.130. The Morgan fingerprint density at radius 2 is 1.78 bits per heavy atom. The molecule has 0 bridgehead atoms. The molecule has 0 aromatic heterocycles. The zero-order chi connectivity index (χ0) is 22.9. The summed E-state index contributed by atoms with van der Waals surface area (Å²) < 4.78 is 41.8. The zero-order valence-electron chi connectivity index (χ0n) is 17.0. The van der Waals surface area contributed by atoms with Crippen LogP contribution in [0.5, 0.6) is 0 Å². The molecule has 3 aromatic carbocycles. The molecule has 4 rings (SSSR count). The van der Waals surface area contributed by atoms with Gasteiger partial charge in [-0.1, -0.05) is 54.1 Å². The molecule has 0 saturated heterocycles. The molecule has 1 aliphatic rings. The lowest BCUT2D eigenvalue weighted by atomic mass is 9.97. The number of sulfonamides is 1. The highest BCUT2D eigenvalue weighted by molar-refractivity contribution is 7.92. The number of carbonyl (C=O) groups is 1. The lowest BCUT2D eigenvalue weighted by Gasteiger charge is -2.21. The van der Waals surface area contributed by atoms with Crippen LogP contribution >= 0.6 is 11.6 Å². The third kappa shape index (κ3) is 4.37. The monoisotopic (exact) mass is 471 g/mol. The summed E-state index contributed by atoms with van der Waals surface area (Å²) in [5.74, 6) is -0.791. The largest absolute Gasteiger partial charge is 0.279 e. The molecule has 3 aromatic rings. The normalized spacial score (nSPS) is 16.0. The highest BCUT2D eigenvalue weighted by atomic mass is 35.5. The van der Waals surface area contributed by atoms with Crippen molar-refractivity contribution in [2.24, 2.45) is 5.10 Å². The van der Waals surface area contributed by atoms with E-state index < -0.39 is 21.9 Å². The van der Waals surface area contributed by atoms with Gasteiger partial charge in [0.1, 0.15) is 5.82 Å². The van der Waals surface area contributed by atoms with Gasteiger partial charge in [0.15, 0.2) is 0 Å². The predicted molar refractivity (Wildman–Crippen MR) is 122 cm³/mol. The van der Waals surface area contributed by atoms with E-state index in [1.807, 2.05) is 0 Å². The van der Waals surface area contributed by atoms with Gasteiger partial charge in [-0.05, 0) is 35.9 Å². The topological polar surface area (TPSA) is 78.8 Å². The van der Waals surface area contributed by atoms with Gasteiger partial charge < -0.3 is 0 Å². The second-order valence-electron chi connectivity index (χ2n) is 7.26. The average molecular weight is 472 g/mol. The molecule has 1 atom stereocenters. The van der Waals surface area contributed by atoms with Gasteiger partial charge in [0.05, 0.1) is 22.3 Å². The van der Waals surface area contributed by atoms with E-state index in [4.69, 9.17) is 11.6 Å². The van der Waals surface area contributed by atoms with E-state index in [1.54, 1.807) is 42.5 Å². The number of nitrogens with zero attached hydrogens (tertiary/aromatic N) is 2. The van der Waals surface area contributed by atoms with Crippen molar-refractivity contribution >= 4 is 38.9 Å². The van der Waals surface area contributed by atoms with Crippen molar-refractivity contribution < 1.29 is 17.6 Å². The van der Waals surface area contributed by atoms with Crippen molar-refractivity contribution in [1.29, 1.82) is 0 Å². The van der Waals surface area contributed by atoms with Gasteiger partial charge in [-0.3, -0.25) is 9.52 Å². The van der Waals surface area contributed by atoms with E-state index in [-0.39, 0.29) is 22.2 Å². The first-order chi connectivity index (χ1) is 15.3. The van der Waals surface area contributed by atoms with Crippen molar-refractivity contribution in [3.8, 4) is 0 Å². The molecule has 9 heteroatoms. The van der Waals surface area contributed by atoms with Crippen molar-refractivity contribution in [3.05, 3.63) is 94.8 Å². The molecule has 0 spiro atoms. The van der Waals surface area contributed by atoms with Crippen LogP contribution < -0.4 is 4.72 Å². The number of nitrogens with one attached hydrogen (secondary N) is 1. The lowest BCUT2D eigenvalue weighted by Crippen LogP contribution is -2.24. The second kappa shape index (κ2) is 8.72. The first-order valence-corrected chi connectivity index (χ1v) is 11.6. The minimum Gasteiger partial charge on any atom is -0.279 e. The highest BCUT2D eigenvalue weighted by Crippen LogP contribution is 2.38. The Morgan fingerprint density at radius 3 is 2.47 bits per heavy atom. The molecule has 0 fully saturated rings. The van der Waals surface area contributed by atoms with Crippen LogP contribution in [-0.4, -0.2) is 25.0 Å². The molecule has 164 valence electrons. The summed E-state index contributed by atoms with van der Waals surface area (Å²) in [5, 5.41) is 5.93. The second-order valence-corrected chi connectivity index (χ2v) is 9.35. The van der Waals surface area contributed by atoms with Crippen LogP contribution in [0.3, 0.4) is 0 Å². The third-order valence-electron chi connectivity index (χ3n) is 5.09. The van der Waals surface area contributed by atoms with Gasteiger partial charge in [0.2, 0.25) is 5.91 Å². The molecule has 32 heavy (non-hydrogen) atoms. The summed E-state index contributed by atoms with van der Waals surface area (Å²) in [4.78, 5) is 12.4. The number of amides is 1. The molecular weight excluding hydrogens is 453 g/mol. The van der Waals surface area contributed by atoms with E-state index in [0.29, 0.717) is 22.5 Å². The van der Waals surface area contributed by atoms with Gasteiger partial charge in [-0.15, -0.1) is 0 Å². The van der Waals surface area contributed by atoms with Gasteiger partial charge in [-0.25, -0.2) is 17.8 Å². The van der Waals surface area contributed by atoms with Gasteiger partial charge >= 0.3 is 0 Å². The van der Waals surface area contributed by atoms with E-state index in [1.165, 1.54) is 42.3 Å². The van der Waals surface area contributed by atoms with Gasteiger partial charge in [0.25, 0.3) is 10.0 Å². The maximum absolute atomic E-state index is 13.5. The first-order valence-electron chi connectivity index (χ1n) is 9.76. The summed E-state index contributed by atoms with van der Waals surface area (Å²) in [6.07, 6.45) is 0.287. The molecule has 0 saturated carbocycles. The maximum Gasteiger partial charge on any atom is 0.261 e. The number of rotatable bonds is 5. The Balaban J connectivity index is 1.70. The number of halogens is 2. The Hall–Kier alpha value is -3.23. The summed E-state index contributed by atoms with van der Waals surface area (Å²) in [5.41, 5.74) is 1.95.